The van der Waals surface area contributed by atoms with Crippen LogP contribution in [-0.4, -0.2) is 13.5 Å². The molecule has 0 unspecified atom stereocenters. The van der Waals surface area contributed by atoms with Crippen molar-refractivity contribution >= 4 is 31.8 Å². The number of hydrogen-bond donors (Lipinski definition) is 2. The van der Waals surface area contributed by atoms with Gasteiger partial charge in [0.1, 0.15) is 18.0 Å². The third-order valence-electron chi connectivity index (χ3n) is 3.42. The normalized spacial score (nSPS) is 15.8. The topological polar surface area (TPSA) is 78.9 Å². The quantitative estimate of drug-likeness (QED) is 0.809. The maximum atomic E-state index is 12.2. The van der Waals surface area contributed by atoms with Gasteiger partial charge in [-0.05, 0) is 30.2 Å². The summed E-state index contributed by atoms with van der Waals surface area (Å²) in [6, 6.07) is 13.0. The van der Waals surface area contributed by atoms with Gasteiger partial charge in [-0.25, -0.2) is 9.03 Å². The van der Waals surface area contributed by atoms with Crippen LogP contribution in [0.2, 0.25) is 0 Å². The number of hydrogen-bond acceptors (Lipinski definition) is 4. The summed E-state index contributed by atoms with van der Waals surface area (Å²) >= 11 is 3.39. The van der Waals surface area contributed by atoms with Crippen molar-refractivity contribution in [3.63, 3.8) is 0 Å². The number of aliphatic hydroxyl groups excluding tert-OH is 1. The number of aliphatic hydroxyl groups is 1. The standard InChI is InChI=1S/C16H15BrN2O4S/c1-11-7-13(17)8-14(23-10-12-5-3-2-4-6-12)16(11)19-9-15(20)18-24(19,21)22/h2-9,18,20H,10H2,1H3. The van der Waals surface area contributed by atoms with E-state index in [1.54, 1.807) is 19.1 Å². The molecule has 2 N–H and O–H groups in total. The first kappa shape index (κ1) is 16.7. The van der Waals surface area contributed by atoms with Crippen LogP contribution in [0.25, 0.3) is 0 Å². The van der Waals surface area contributed by atoms with Crippen molar-refractivity contribution in [1.82, 2.24) is 4.72 Å². The molecule has 2 aromatic rings. The molecule has 0 saturated heterocycles. The highest BCUT2D eigenvalue weighted by Gasteiger charge is 2.32. The Labute approximate surface area is 148 Å². The molecule has 0 amide bonds. The number of benzene rings is 2. The number of nitrogens with zero attached hydrogens (tertiary/aromatic N) is 1. The second kappa shape index (κ2) is 6.37. The molecule has 0 saturated carbocycles. The lowest BCUT2D eigenvalue weighted by molar-refractivity contribution is 0.307. The predicted molar refractivity (Wildman–Crippen MR) is 94.9 cm³/mol. The first-order chi connectivity index (χ1) is 11.4. The van der Waals surface area contributed by atoms with Crippen molar-refractivity contribution in [2.24, 2.45) is 0 Å². The molecule has 0 radical (unpaired) electrons. The van der Waals surface area contributed by atoms with Crippen molar-refractivity contribution < 1.29 is 18.3 Å². The zero-order valence-electron chi connectivity index (χ0n) is 12.7. The van der Waals surface area contributed by atoms with E-state index in [1.165, 1.54) is 0 Å². The van der Waals surface area contributed by atoms with Crippen LogP contribution in [0.15, 0.2) is 59.0 Å². The minimum Gasteiger partial charge on any atom is -0.493 e. The molecule has 0 atom stereocenters. The second-order valence-corrected chi connectivity index (χ2v) is 7.72. The van der Waals surface area contributed by atoms with Crippen molar-refractivity contribution in [2.75, 3.05) is 4.31 Å². The maximum Gasteiger partial charge on any atom is 0.330 e. The lowest BCUT2D eigenvalue weighted by atomic mass is 10.2. The molecule has 1 aliphatic heterocycles. The summed E-state index contributed by atoms with van der Waals surface area (Å²) in [6.07, 6.45) is 1.11. The van der Waals surface area contributed by atoms with Crippen LogP contribution in [0.4, 0.5) is 5.69 Å². The van der Waals surface area contributed by atoms with Crippen LogP contribution in [0.1, 0.15) is 11.1 Å². The largest absolute Gasteiger partial charge is 0.493 e. The summed E-state index contributed by atoms with van der Waals surface area (Å²) in [5, 5.41) is 9.52. The number of aryl methyl sites for hydroxylation is 1. The fourth-order valence-corrected chi connectivity index (χ4v) is 4.08. The molecule has 0 bridgehead atoms. The van der Waals surface area contributed by atoms with E-state index in [2.05, 4.69) is 15.9 Å². The third-order valence-corrected chi connectivity index (χ3v) is 5.15. The Bertz CT molecular complexity index is 898. The summed E-state index contributed by atoms with van der Waals surface area (Å²) in [5.74, 6) is -0.0478. The monoisotopic (exact) mass is 410 g/mol. The van der Waals surface area contributed by atoms with E-state index in [1.807, 2.05) is 35.1 Å². The van der Waals surface area contributed by atoms with Gasteiger partial charge in [-0.1, -0.05) is 46.3 Å². The summed E-state index contributed by atoms with van der Waals surface area (Å²) in [4.78, 5) is 0. The second-order valence-electron chi connectivity index (χ2n) is 5.26. The van der Waals surface area contributed by atoms with Gasteiger partial charge < -0.3 is 9.84 Å². The molecule has 1 heterocycles. The van der Waals surface area contributed by atoms with Gasteiger partial charge in [0.15, 0.2) is 0 Å². The maximum absolute atomic E-state index is 12.2. The molecule has 0 aliphatic carbocycles. The molecule has 0 aromatic heterocycles. The number of rotatable bonds is 4. The minimum absolute atomic E-state index is 0.292. The van der Waals surface area contributed by atoms with E-state index in [4.69, 9.17) is 4.74 Å². The van der Waals surface area contributed by atoms with Gasteiger partial charge in [-0.2, -0.15) is 8.42 Å². The van der Waals surface area contributed by atoms with E-state index in [0.717, 1.165) is 20.5 Å². The van der Waals surface area contributed by atoms with Crippen LogP contribution >= 0.6 is 15.9 Å². The highest BCUT2D eigenvalue weighted by atomic mass is 79.9. The van der Waals surface area contributed by atoms with Crippen molar-refractivity contribution in [2.45, 2.75) is 13.5 Å². The Morgan fingerprint density at radius 3 is 2.58 bits per heavy atom. The summed E-state index contributed by atoms with van der Waals surface area (Å²) < 4.78 is 34.0. The van der Waals surface area contributed by atoms with E-state index in [9.17, 15) is 13.5 Å². The fourth-order valence-electron chi connectivity index (χ4n) is 2.41. The molecule has 2 aromatic carbocycles. The molecule has 0 fully saturated rings. The Balaban J connectivity index is 2.00. The molecule has 6 nitrogen and oxygen atoms in total. The minimum atomic E-state index is -3.88. The highest BCUT2D eigenvalue weighted by molar-refractivity contribution is 9.10. The Morgan fingerprint density at radius 1 is 1.25 bits per heavy atom. The molecule has 24 heavy (non-hydrogen) atoms. The van der Waals surface area contributed by atoms with Crippen LogP contribution in [0, 0.1) is 6.92 Å². The lowest BCUT2D eigenvalue weighted by Gasteiger charge is -2.21. The zero-order chi connectivity index (χ0) is 17.3. The first-order valence-corrected chi connectivity index (χ1v) is 9.30. The highest BCUT2D eigenvalue weighted by Crippen LogP contribution is 2.38. The number of ether oxygens (including phenoxy) is 1. The summed E-state index contributed by atoms with van der Waals surface area (Å²) in [7, 11) is -3.88. The number of nitrogens with one attached hydrogen (secondary N) is 1. The summed E-state index contributed by atoms with van der Waals surface area (Å²) in [5.41, 5.74) is 2.00. The molecule has 3 rings (SSSR count). The number of halogens is 1. The molecular formula is C16H15BrN2O4S. The predicted octanol–water partition coefficient (Wildman–Crippen LogP) is 3.35. The zero-order valence-corrected chi connectivity index (χ0v) is 15.1. The van der Waals surface area contributed by atoms with Gasteiger partial charge in [0.2, 0.25) is 5.88 Å². The van der Waals surface area contributed by atoms with Gasteiger partial charge in [0.05, 0.1) is 6.20 Å². The molecular weight excluding hydrogens is 396 g/mol. The average Bonchev–Trinajstić information content (AvgIpc) is 2.78. The molecule has 126 valence electrons. The van der Waals surface area contributed by atoms with Gasteiger partial charge in [-0.3, -0.25) is 0 Å². The van der Waals surface area contributed by atoms with Gasteiger partial charge in [-0.15, -0.1) is 0 Å². The van der Waals surface area contributed by atoms with Crippen molar-refractivity contribution in [3.05, 3.63) is 70.1 Å². The van der Waals surface area contributed by atoms with E-state index in [0.29, 0.717) is 23.6 Å². The SMILES string of the molecule is Cc1cc(Br)cc(OCc2ccccc2)c1N1C=C(O)NS1(=O)=O. The van der Waals surface area contributed by atoms with Crippen LogP contribution < -0.4 is 13.8 Å². The van der Waals surface area contributed by atoms with Crippen LogP contribution in [-0.2, 0) is 16.8 Å². The Kier molecular flexibility index (Phi) is 4.42. The first-order valence-electron chi connectivity index (χ1n) is 7.06. The third kappa shape index (κ3) is 3.34. The Hall–Kier alpha value is -2.19. The Morgan fingerprint density at radius 2 is 1.96 bits per heavy atom. The van der Waals surface area contributed by atoms with Crippen molar-refractivity contribution in [1.29, 1.82) is 0 Å². The van der Waals surface area contributed by atoms with Crippen LogP contribution in [0.3, 0.4) is 0 Å². The van der Waals surface area contributed by atoms with Gasteiger partial charge in [0, 0.05) is 4.47 Å². The smallest absolute Gasteiger partial charge is 0.330 e. The van der Waals surface area contributed by atoms with Crippen molar-refractivity contribution in [3.8, 4) is 5.75 Å². The lowest BCUT2D eigenvalue weighted by Crippen LogP contribution is -2.30. The van der Waals surface area contributed by atoms with E-state index < -0.39 is 16.1 Å². The van der Waals surface area contributed by atoms with E-state index in [-0.39, 0.29) is 0 Å². The van der Waals surface area contributed by atoms with Gasteiger partial charge in [0.25, 0.3) is 0 Å². The number of anilines is 1. The average molecular weight is 411 g/mol. The van der Waals surface area contributed by atoms with Crippen LogP contribution in [0.5, 0.6) is 5.75 Å². The molecule has 0 spiro atoms. The molecule has 8 heteroatoms. The molecule has 1 aliphatic rings. The van der Waals surface area contributed by atoms with Gasteiger partial charge >= 0.3 is 10.2 Å². The fraction of sp³-hybridized carbons (Fsp3) is 0.125. The summed E-state index contributed by atoms with van der Waals surface area (Å²) in [6.45, 7) is 2.06. The van der Waals surface area contributed by atoms with E-state index >= 15 is 0 Å².